The van der Waals surface area contributed by atoms with E-state index in [0.29, 0.717) is 25.8 Å². The molecule has 3 N–H and O–H groups in total. The van der Waals surface area contributed by atoms with Crippen molar-refractivity contribution in [3.8, 4) is 0 Å². The second-order valence-electron chi connectivity index (χ2n) is 7.17. The summed E-state index contributed by atoms with van der Waals surface area (Å²) >= 11 is 0. The number of nitrogens with one attached hydrogen (secondary N) is 1. The smallest absolute Gasteiger partial charge is 0.407 e. The molecular formula is C21H30N2O5. The van der Waals surface area contributed by atoms with Crippen molar-refractivity contribution in [3.05, 3.63) is 35.9 Å². The van der Waals surface area contributed by atoms with Crippen LogP contribution in [0.15, 0.2) is 30.3 Å². The third kappa shape index (κ3) is 8.08. The Labute approximate surface area is 166 Å². The van der Waals surface area contributed by atoms with Crippen LogP contribution < -0.4 is 11.1 Å². The van der Waals surface area contributed by atoms with Gasteiger partial charge in [0.15, 0.2) is 0 Å². The van der Waals surface area contributed by atoms with Crippen LogP contribution in [0.1, 0.15) is 56.9 Å². The molecule has 1 aliphatic rings. The first kappa shape index (κ1) is 21.9. The SMILES string of the molecule is N[C@@H](CCCCNC(=O)OCc1ccccc1)C(=O)OC(=O)C1CCCCC1. The van der Waals surface area contributed by atoms with Crippen LogP contribution in [0, 0.1) is 5.92 Å². The summed E-state index contributed by atoms with van der Waals surface area (Å²) < 4.78 is 10.0. The number of amides is 1. The van der Waals surface area contributed by atoms with Crippen molar-refractivity contribution in [1.82, 2.24) is 5.32 Å². The highest BCUT2D eigenvalue weighted by Crippen LogP contribution is 2.24. The zero-order valence-corrected chi connectivity index (χ0v) is 16.2. The Morgan fingerprint density at radius 3 is 2.50 bits per heavy atom. The Morgan fingerprint density at radius 2 is 1.79 bits per heavy atom. The zero-order valence-electron chi connectivity index (χ0n) is 16.2. The first-order valence-electron chi connectivity index (χ1n) is 10.0. The van der Waals surface area contributed by atoms with Gasteiger partial charge in [-0.3, -0.25) is 4.79 Å². The van der Waals surface area contributed by atoms with Crippen molar-refractivity contribution in [1.29, 1.82) is 0 Å². The highest BCUT2D eigenvalue weighted by molar-refractivity contribution is 5.89. The van der Waals surface area contributed by atoms with Crippen molar-refractivity contribution in [2.45, 2.75) is 64.0 Å². The number of rotatable bonds is 9. The summed E-state index contributed by atoms with van der Waals surface area (Å²) in [5.41, 5.74) is 6.73. The van der Waals surface area contributed by atoms with Crippen LogP contribution in [0.3, 0.4) is 0 Å². The van der Waals surface area contributed by atoms with E-state index in [1.165, 1.54) is 0 Å². The average Bonchev–Trinajstić information content (AvgIpc) is 2.73. The molecular weight excluding hydrogens is 360 g/mol. The van der Waals surface area contributed by atoms with Crippen molar-refractivity contribution in [2.24, 2.45) is 11.7 Å². The van der Waals surface area contributed by atoms with Gasteiger partial charge in [-0.15, -0.1) is 0 Å². The Bertz CT molecular complexity index is 629. The van der Waals surface area contributed by atoms with E-state index in [0.717, 1.165) is 37.7 Å². The normalized spacial score (nSPS) is 15.5. The van der Waals surface area contributed by atoms with E-state index in [2.05, 4.69) is 5.32 Å². The quantitative estimate of drug-likeness (QED) is 0.381. The van der Waals surface area contributed by atoms with Crippen LogP contribution in [-0.4, -0.2) is 30.6 Å². The molecule has 0 radical (unpaired) electrons. The van der Waals surface area contributed by atoms with Gasteiger partial charge in [-0.2, -0.15) is 0 Å². The van der Waals surface area contributed by atoms with Crippen molar-refractivity contribution >= 4 is 18.0 Å². The Kier molecular flexibility index (Phi) is 9.48. The molecule has 0 heterocycles. The van der Waals surface area contributed by atoms with E-state index in [9.17, 15) is 14.4 Å². The molecule has 28 heavy (non-hydrogen) atoms. The summed E-state index contributed by atoms with van der Waals surface area (Å²) in [5.74, 6) is -1.27. The fraction of sp³-hybridized carbons (Fsp3) is 0.571. The lowest BCUT2D eigenvalue weighted by molar-refractivity contribution is -0.164. The molecule has 1 fully saturated rings. The number of alkyl carbamates (subject to hydrolysis) is 1. The molecule has 1 atom stereocenters. The lowest BCUT2D eigenvalue weighted by Crippen LogP contribution is -2.36. The summed E-state index contributed by atoms with van der Waals surface area (Å²) in [7, 11) is 0. The first-order chi connectivity index (χ1) is 13.6. The van der Waals surface area contributed by atoms with Crippen molar-refractivity contribution in [2.75, 3.05) is 6.54 Å². The molecule has 0 aliphatic heterocycles. The van der Waals surface area contributed by atoms with E-state index in [1.54, 1.807) is 0 Å². The minimum absolute atomic E-state index is 0.170. The van der Waals surface area contributed by atoms with Gasteiger partial charge in [0.2, 0.25) is 0 Å². The Hall–Kier alpha value is -2.41. The fourth-order valence-electron chi connectivity index (χ4n) is 3.17. The molecule has 154 valence electrons. The third-order valence-corrected chi connectivity index (χ3v) is 4.87. The largest absolute Gasteiger partial charge is 0.445 e. The number of hydrogen-bond acceptors (Lipinski definition) is 6. The van der Waals surface area contributed by atoms with E-state index in [4.69, 9.17) is 15.2 Å². The van der Waals surface area contributed by atoms with Crippen molar-refractivity contribution < 1.29 is 23.9 Å². The van der Waals surface area contributed by atoms with E-state index >= 15 is 0 Å². The monoisotopic (exact) mass is 390 g/mol. The van der Waals surface area contributed by atoms with Gasteiger partial charge in [0.05, 0.1) is 5.92 Å². The van der Waals surface area contributed by atoms with Gasteiger partial charge < -0.3 is 20.5 Å². The minimum atomic E-state index is -0.822. The number of esters is 2. The topological polar surface area (TPSA) is 108 Å². The lowest BCUT2D eigenvalue weighted by atomic mass is 9.89. The molecule has 0 bridgehead atoms. The number of unbranched alkanes of at least 4 members (excludes halogenated alkanes) is 1. The molecule has 1 amide bonds. The van der Waals surface area contributed by atoms with Gasteiger partial charge in [-0.05, 0) is 37.7 Å². The average molecular weight is 390 g/mol. The number of carbonyl (C=O) groups excluding carboxylic acids is 3. The fourth-order valence-corrected chi connectivity index (χ4v) is 3.17. The van der Waals surface area contributed by atoms with Crippen LogP contribution >= 0.6 is 0 Å². The highest BCUT2D eigenvalue weighted by Gasteiger charge is 2.26. The zero-order chi connectivity index (χ0) is 20.2. The number of carbonyl (C=O) groups is 3. The van der Waals surface area contributed by atoms with Gasteiger partial charge in [-0.1, -0.05) is 49.6 Å². The number of hydrogen-bond donors (Lipinski definition) is 2. The second-order valence-corrected chi connectivity index (χ2v) is 7.17. The standard InChI is InChI=1S/C21H30N2O5/c22-18(20(25)28-19(24)17-11-5-2-6-12-17)13-7-8-14-23-21(26)27-15-16-9-3-1-4-10-16/h1,3-4,9-10,17-18H,2,5-8,11-15,22H2,(H,23,26)/t18-/m0/s1. The Balaban J connectivity index is 1.52. The molecule has 0 unspecified atom stereocenters. The maximum Gasteiger partial charge on any atom is 0.407 e. The lowest BCUT2D eigenvalue weighted by Gasteiger charge is -2.20. The number of ether oxygens (including phenoxy) is 2. The second kappa shape index (κ2) is 12.1. The minimum Gasteiger partial charge on any atom is -0.445 e. The summed E-state index contributed by atoms with van der Waals surface area (Å²) in [6.45, 7) is 0.648. The molecule has 0 aromatic heterocycles. The number of benzene rings is 1. The van der Waals surface area contributed by atoms with Gasteiger partial charge in [-0.25, -0.2) is 9.59 Å². The van der Waals surface area contributed by atoms with Crippen LogP contribution in [0.2, 0.25) is 0 Å². The molecule has 1 saturated carbocycles. The molecule has 7 nitrogen and oxygen atoms in total. The van der Waals surface area contributed by atoms with Crippen LogP contribution in [0.5, 0.6) is 0 Å². The maximum absolute atomic E-state index is 12.0. The van der Waals surface area contributed by atoms with Gasteiger partial charge in [0, 0.05) is 6.54 Å². The van der Waals surface area contributed by atoms with Crippen LogP contribution in [-0.2, 0) is 25.7 Å². The van der Waals surface area contributed by atoms with Gasteiger partial charge in [0.25, 0.3) is 0 Å². The molecule has 0 saturated heterocycles. The third-order valence-electron chi connectivity index (χ3n) is 4.87. The van der Waals surface area contributed by atoms with Crippen LogP contribution in [0.4, 0.5) is 4.79 Å². The van der Waals surface area contributed by atoms with E-state index in [-0.39, 0.29) is 12.5 Å². The van der Waals surface area contributed by atoms with Gasteiger partial charge in [0.1, 0.15) is 12.6 Å². The highest BCUT2D eigenvalue weighted by atomic mass is 16.6. The first-order valence-corrected chi connectivity index (χ1v) is 10.0. The summed E-state index contributed by atoms with van der Waals surface area (Å²) in [6, 6.07) is 8.61. The van der Waals surface area contributed by atoms with E-state index in [1.807, 2.05) is 30.3 Å². The van der Waals surface area contributed by atoms with E-state index < -0.39 is 24.1 Å². The summed E-state index contributed by atoms with van der Waals surface area (Å²) in [6.07, 6.45) is 5.90. The molecule has 1 aliphatic carbocycles. The summed E-state index contributed by atoms with van der Waals surface area (Å²) in [4.78, 5) is 35.5. The van der Waals surface area contributed by atoms with Crippen LogP contribution in [0.25, 0.3) is 0 Å². The predicted molar refractivity (Wildman–Crippen MR) is 104 cm³/mol. The molecule has 0 spiro atoms. The molecule has 1 aromatic rings. The predicted octanol–water partition coefficient (Wildman–Crippen LogP) is 3.06. The number of nitrogens with two attached hydrogens (primary N) is 1. The maximum atomic E-state index is 12.0. The molecule has 2 rings (SSSR count). The van der Waals surface area contributed by atoms with Crippen molar-refractivity contribution in [3.63, 3.8) is 0 Å². The molecule has 1 aromatic carbocycles. The molecule has 7 heteroatoms. The van der Waals surface area contributed by atoms with Gasteiger partial charge >= 0.3 is 18.0 Å². The Morgan fingerprint density at radius 1 is 1.07 bits per heavy atom. The summed E-state index contributed by atoms with van der Waals surface area (Å²) in [5, 5.41) is 2.66.